The van der Waals surface area contributed by atoms with E-state index < -0.39 is 23.7 Å². The highest BCUT2D eigenvalue weighted by atomic mass is 19.1. The Bertz CT molecular complexity index is 598. The highest BCUT2D eigenvalue weighted by molar-refractivity contribution is 5.30. The van der Waals surface area contributed by atoms with E-state index >= 15 is 0 Å². The van der Waals surface area contributed by atoms with Crippen molar-refractivity contribution in [1.29, 1.82) is 0 Å². The van der Waals surface area contributed by atoms with Gasteiger partial charge in [0.2, 0.25) is 0 Å². The molecule has 0 heterocycles. The monoisotopic (exact) mass is 291 g/mol. The SMILES string of the molecule is CCc1ccc(C(O)C(CN)c2ccc(F)cc2F)cc1. The molecule has 0 aromatic heterocycles. The predicted molar refractivity (Wildman–Crippen MR) is 78.9 cm³/mol. The van der Waals surface area contributed by atoms with Gasteiger partial charge in [0.05, 0.1) is 6.10 Å². The maximum Gasteiger partial charge on any atom is 0.129 e. The molecule has 0 aliphatic carbocycles. The minimum absolute atomic E-state index is 0.0687. The molecule has 0 bridgehead atoms. The molecule has 0 radical (unpaired) electrons. The first-order chi connectivity index (χ1) is 10.1. The van der Waals surface area contributed by atoms with Crippen LogP contribution in [0.1, 0.15) is 35.6 Å². The van der Waals surface area contributed by atoms with E-state index in [0.29, 0.717) is 5.56 Å². The van der Waals surface area contributed by atoms with Gasteiger partial charge in [-0.25, -0.2) is 8.78 Å². The van der Waals surface area contributed by atoms with Crippen LogP contribution in [0.4, 0.5) is 8.78 Å². The smallest absolute Gasteiger partial charge is 0.129 e. The molecule has 2 aromatic carbocycles. The van der Waals surface area contributed by atoms with Crippen molar-refractivity contribution in [2.24, 2.45) is 5.73 Å². The molecular weight excluding hydrogens is 272 g/mol. The summed E-state index contributed by atoms with van der Waals surface area (Å²) in [5.41, 5.74) is 7.74. The molecule has 21 heavy (non-hydrogen) atoms. The Morgan fingerprint density at radius 2 is 1.76 bits per heavy atom. The number of halogens is 2. The third-order valence-electron chi connectivity index (χ3n) is 3.73. The van der Waals surface area contributed by atoms with Crippen LogP contribution < -0.4 is 5.73 Å². The third kappa shape index (κ3) is 3.46. The van der Waals surface area contributed by atoms with Gasteiger partial charge in [-0.3, -0.25) is 0 Å². The highest BCUT2D eigenvalue weighted by Gasteiger charge is 2.24. The molecule has 0 amide bonds. The largest absolute Gasteiger partial charge is 0.388 e. The summed E-state index contributed by atoms with van der Waals surface area (Å²) in [4.78, 5) is 0. The van der Waals surface area contributed by atoms with E-state index in [0.717, 1.165) is 18.1 Å². The minimum atomic E-state index is -0.930. The second-order valence-corrected chi connectivity index (χ2v) is 5.05. The molecule has 3 N–H and O–H groups in total. The summed E-state index contributed by atoms with van der Waals surface area (Å²) < 4.78 is 26.9. The molecule has 0 aliphatic heterocycles. The lowest BCUT2D eigenvalue weighted by Crippen LogP contribution is -2.21. The Balaban J connectivity index is 2.30. The van der Waals surface area contributed by atoms with E-state index in [1.807, 2.05) is 31.2 Å². The van der Waals surface area contributed by atoms with Crippen LogP contribution in [-0.4, -0.2) is 11.7 Å². The van der Waals surface area contributed by atoms with Crippen molar-refractivity contribution in [3.8, 4) is 0 Å². The lowest BCUT2D eigenvalue weighted by Gasteiger charge is -2.23. The van der Waals surface area contributed by atoms with Crippen LogP contribution in [0.25, 0.3) is 0 Å². The molecular formula is C17H19F2NO. The zero-order valence-electron chi connectivity index (χ0n) is 11.9. The normalized spacial score (nSPS) is 14.0. The van der Waals surface area contributed by atoms with Gasteiger partial charge >= 0.3 is 0 Å². The summed E-state index contributed by atoms with van der Waals surface area (Å²) in [6.45, 7) is 2.11. The van der Waals surface area contributed by atoms with Gasteiger partial charge in [-0.05, 0) is 29.2 Å². The summed E-state index contributed by atoms with van der Waals surface area (Å²) >= 11 is 0. The van der Waals surface area contributed by atoms with E-state index in [1.54, 1.807) is 0 Å². The number of benzene rings is 2. The zero-order chi connectivity index (χ0) is 15.4. The number of aliphatic hydroxyl groups is 1. The summed E-state index contributed by atoms with van der Waals surface area (Å²) in [6.07, 6.45) is -0.0237. The van der Waals surface area contributed by atoms with Gasteiger partial charge in [0.25, 0.3) is 0 Å². The van der Waals surface area contributed by atoms with E-state index in [1.165, 1.54) is 12.1 Å². The summed E-state index contributed by atoms with van der Waals surface area (Å²) in [5, 5.41) is 10.5. The molecule has 0 saturated heterocycles. The molecule has 2 nitrogen and oxygen atoms in total. The number of aryl methyl sites for hydroxylation is 1. The molecule has 0 fully saturated rings. The average molecular weight is 291 g/mol. The van der Waals surface area contributed by atoms with Gasteiger partial charge in [0.1, 0.15) is 11.6 Å². The number of nitrogens with two attached hydrogens (primary N) is 1. The Morgan fingerprint density at radius 1 is 1.10 bits per heavy atom. The van der Waals surface area contributed by atoms with Crippen LogP contribution in [0.15, 0.2) is 42.5 Å². The first-order valence-corrected chi connectivity index (χ1v) is 6.98. The molecule has 2 unspecified atom stereocenters. The van der Waals surface area contributed by atoms with Crippen LogP contribution in [0.5, 0.6) is 0 Å². The molecule has 2 rings (SSSR count). The average Bonchev–Trinajstić information content (AvgIpc) is 2.50. The standard InChI is InChI=1S/C17H19F2NO/c1-2-11-3-5-12(6-4-11)17(21)15(10-20)14-8-7-13(18)9-16(14)19/h3-9,15,17,21H,2,10,20H2,1H3. The fraction of sp³-hybridized carbons (Fsp3) is 0.294. The van der Waals surface area contributed by atoms with Crippen molar-refractivity contribution in [2.45, 2.75) is 25.4 Å². The fourth-order valence-electron chi connectivity index (χ4n) is 2.41. The lowest BCUT2D eigenvalue weighted by molar-refractivity contribution is 0.145. The van der Waals surface area contributed by atoms with Gasteiger partial charge in [-0.1, -0.05) is 37.3 Å². The molecule has 4 heteroatoms. The van der Waals surface area contributed by atoms with E-state index in [2.05, 4.69) is 0 Å². The maximum atomic E-state index is 13.9. The van der Waals surface area contributed by atoms with E-state index in [9.17, 15) is 13.9 Å². The van der Waals surface area contributed by atoms with Gasteiger partial charge in [0.15, 0.2) is 0 Å². The molecule has 0 spiro atoms. The molecule has 112 valence electrons. The first kappa shape index (κ1) is 15.6. The van der Waals surface area contributed by atoms with Crippen LogP contribution in [0.3, 0.4) is 0 Å². The molecule has 2 atom stereocenters. The quantitative estimate of drug-likeness (QED) is 0.888. The second-order valence-electron chi connectivity index (χ2n) is 5.05. The Labute approximate surface area is 123 Å². The van der Waals surface area contributed by atoms with Crippen LogP contribution in [0, 0.1) is 11.6 Å². The van der Waals surface area contributed by atoms with Gasteiger partial charge < -0.3 is 10.8 Å². The first-order valence-electron chi connectivity index (χ1n) is 6.98. The summed E-state index contributed by atoms with van der Waals surface area (Å²) in [7, 11) is 0. The van der Waals surface area contributed by atoms with Gasteiger partial charge in [-0.2, -0.15) is 0 Å². The fourth-order valence-corrected chi connectivity index (χ4v) is 2.41. The highest BCUT2D eigenvalue weighted by Crippen LogP contribution is 2.32. The van der Waals surface area contributed by atoms with Crippen molar-refractivity contribution in [1.82, 2.24) is 0 Å². The Morgan fingerprint density at radius 3 is 2.29 bits per heavy atom. The Hall–Kier alpha value is -1.78. The minimum Gasteiger partial charge on any atom is -0.388 e. The molecule has 0 aliphatic rings. The number of hydrogen-bond donors (Lipinski definition) is 2. The number of hydrogen-bond acceptors (Lipinski definition) is 2. The number of rotatable bonds is 5. The van der Waals surface area contributed by atoms with Crippen molar-refractivity contribution in [2.75, 3.05) is 6.54 Å². The molecule has 0 saturated carbocycles. The van der Waals surface area contributed by atoms with Crippen molar-refractivity contribution < 1.29 is 13.9 Å². The van der Waals surface area contributed by atoms with Crippen LogP contribution in [0.2, 0.25) is 0 Å². The van der Waals surface area contributed by atoms with Crippen molar-refractivity contribution >= 4 is 0 Å². The van der Waals surface area contributed by atoms with Crippen LogP contribution >= 0.6 is 0 Å². The van der Waals surface area contributed by atoms with Gasteiger partial charge in [-0.15, -0.1) is 0 Å². The number of aliphatic hydroxyl groups excluding tert-OH is 1. The zero-order valence-corrected chi connectivity index (χ0v) is 11.9. The summed E-state index contributed by atoms with van der Waals surface area (Å²) in [5.74, 6) is -1.94. The maximum absolute atomic E-state index is 13.9. The summed E-state index contributed by atoms with van der Waals surface area (Å²) in [6, 6.07) is 10.8. The molecule has 2 aromatic rings. The predicted octanol–water partition coefficient (Wildman–Crippen LogP) is 3.30. The van der Waals surface area contributed by atoms with E-state index in [-0.39, 0.29) is 12.1 Å². The Kier molecular flexibility index (Phi) is 5.04. The van der Waals surface area contributed by atoms with E-state index in [4.69, 9.17) is 5.73 Å². The van der Waals surface area contributed by atoms with Crippen molar-refractivity contribution in [3.05, 3.63) is 70.8 Å². The van der Waals surface area contributed by atoms with Crippen molar-refractivity contribution in [3.63, 3.8) is 0 Å². The lowest BCUT2D eigenvalue weighted by atomic mass is 9.88. The second kappa shape index (κ2) is 6.78. The van der Waals surface area contributed by atoms with Gasteiger partial charge in [0, 0.05) is 18.5 Å². The third-order valence-corrected chi connectivity index (χ3v) is 3.73. The van der Waals surface area contributed by atoms with Crippen LogP contribution in [-0.2, 0) is 6.42 Å². The topological polar surface area (TPSA) is 46.2 Å².